The number of aromatic nitrogens is 5. The Morgan fingerprint density at radius 1 is 1.03 bits per heavy atom. The highest BCUT2D eigenvalue weighted by Crippen LogP contribution is 2.36. The SMILES string of the molecule is CC(=O)c1ccc(-c2cncc3[nH]c(-c4n[nH]c5ccc(-c6cc(C)cc(CN(C)C)c6)nc45)cc23)s1. The maximum absolute atomic E-state index is 11.8. The molecule has 0 radical (unpaired) electrons. The van der Waals surface area contributed by atoms with E-state index in [1.165, 1.54) is 22.5 Å². The number of pyridine rings is 2. The predicted molar refractivity (Wildman–Crippen MR) is 150 cm³/mol. The highest BCUT2D eigenvalue weighted by atomic mass is 32.1. The van der Waals surface area contributed by atoms with E-state index in [1.807, 2.05) is 36.7 Å². The van der Waals surface area contributed by atoms with E-state index in [2.05, 4.69) is 70.3 Å². The molecule has 0 atom stereocenters. The summed E-state index contributed by atoms with van der Waals surface area (Å²) in [7, 11) is 4.15. The van der Waals surface area contributed by atoms with Crippen LogP contribution < -0.4 is 0 Å². The molecule has 0 amide bonds. The molecule has 37 heavy (non-hydrogen) atoms. The van der Waals surface area contributed by atoms with Crippen molar-refractivity contribution >= 4 is 39.1 Å². The molecular weight excluding hydrogens is 480 g/mol. The van der Waals surface area contributed by atoms with Gasteiger partial charge in [-0.2, -0.15) is 5.10 Å². The van der Waals surface area contributed by atoms with Crippen molar-refractivity contribution in [2.75, 3.05) is 14.1 Å². The average Bonchev–Trinajstić information content (AvgIpc) is 3.60. The first kappa shape index (κ1) is 23.3. The number of H-pyrrole nitrogens is 2. The lowest BCUT2D eigenvalue weighted by molar-refractivity contribution is 0.102. The first-order valence-corrected chi connectivity index (χ1v) is 12.9. The molecule has 6 aromatic rings. The minimum atomic E-state index is 0.0680. The monoisotopic (exact) mass is 506 g/mol. The fourth-order valence-corrected chi connectivity index (χ4v) is 5.69. The Kier molecular flexibility index (Phi) is 5.70. The first-order chi connectivity index (χ1) is 17.9. The number of carbonyl (C=O) groups excluding carboxylic acids is 1. The van der Waals surface area contributed by atoms with Gasteiger partial charge in [-0.25, -0.2) is 4.98 Å². The molecule has 0 aliphatic heterocycles. The Bertz CT molecular complexity index is 1790. The van der Waals surface area contributed by atoms with Crippen LogP contribution in [-0.4, -0.2) is 49.9 Å². The Morgan fingerprint density at radius 2 is 1.89 bits per heavy atom. The zero-order chi connectivity index (χ0) is 25.7. The van der Waals surface area contributed by atoms with Crippen LogP contribution >= 0.6 is 11.3 Å². The van der Waals surface area contributed by atoms with Crippen LogP contribution in [0.4, 0.5) is 0 Å². The van der Waals surface area contributed by atoms with E-state index >= 15 is 0 Å². The standard InChI is InChI=1S/C29H26N6OS/c1-16-9-18(15-35(3)4)11-19(10-16)22-5-6-23-28(32-22)29(34-33-23)24-12-20-21(13-30-14-25(20)31-24)27-8-7-26(37-27)17(2)36/h5-14,31H,15H2,1-4H3,(H,33,34). The maximum atomic E-state index is 11.8. The summed E-state index contributed by atoms with van der Waals surface area (Å²) in [6.45, 7) is 4.58. The summed E-state index contributed by atoms with van der Waals surface area (Å²) < 4.78 is 0. The van der Waals surface area contributed by atoms with Crippen LogP contribution in [0.5, 0.6) is 0 Å². The van der Waals surface area contributed by atoms with E-state index in [4.69, 9.17) is 4.98 Å². The molecule has 7 nitrogen and oxygen atoms in total. The molecule has 184 valence electrons. The molecule has 0 spiro atoms. The zero-order valence-electron chi connectivity index (χ0n) is 21.1. The third-order valence-corrected chi connectivity index (χ3v) is 7.58. The van der Waals surface area contributed by atoms with Crippen LogP contribution in [0.2, 0.25) is 0 Å². The molecule has 0 fully saturated rings. The molecule has 0 aliphatic rings. The van der Waals surface area contributed by atoms with E-state index < -0.39 is 0 Å². The Morgan fingerprint density at radius 3 is 2.68 bits per heavy atom. The van der Waals surface area contributed by atoms with E-state index in [0.29, 0.717) is 0 Å². The molecular formula is C29H26N6OS. The van der Waals surface area contributed by atoms with Gasteiger partial charge < -0.3 is 9.88 Å². The zero-order valence-corrected chi connectivity index (χ0v) is 21.9. The van der Waals surface area contributed by atoms with Gasteiger partial charge in [0.15, 0.2) is 5.78 Å². The van der Waals surface area contributed by atoms with Gasteiger partial charge in [-0.15, -0.1) is 11.3 Å². The number of hydrogen-bond donors (Lipinski definition) is 2. The Labute approximate surface area is 218 Å². The number of ketones is 1. The van der Waals surface area contributed by atoms with Crippen LogP contribution in [0.15, 0.2) is 60.9 Å². The number of benzene rings is 1. The third kappa shape index (κ3) is 4.34. The first-order valence-electron chi connectivity index (χ1n) is 12.0. The topological polar surface area (TPSA) is 90.6 Å². The molecule has 0 bridgehead atoms. The van der Waals surface area contributed by atoms with Crippen molar-refractivity contribution in [2.45, 2.75) is 20.4 Å². The van der Waals surface area contributed by atoms with Gasteiger partial charge in [0.2, 0.25) is 0 Å². The summed E-state index contributed by atoms with van der Waals surface area (Å²) >= 11 is 1.48. The highest BCUT2D eigenvalue weighted by molar-refractivity contribution is 7.17. The summed E-state index contributed by atoms with van der Waals surface area (Å²) in [4.78, 5) is 28.7. The second-order valence-electron chi connectivity index (χ2n) is 9.66. The number of carbonyl (C=O) groups is 1. The van der Waals surface area contributed by atoms with Crippen molar-refractivity contribution in [1.29, 1.82) is 0 Å². The number of aromatic amines is 2. The van der Waals surface area contributed by atoms with Gasteiger partial charge in [0.25, 0.3) is 0 Å². The van der Waals surface area contributed by atoms with E-state index in [0.717, 1.165) is 66.4 Å². The van der Waals surface area contributed by atoms with Gasteiger partial charge in [0.1, 0.15) is 11.2 Å². The van der Waals surface area contributed by atoms with Crippen LogP contribution in [0.3, 0.4) is 0 Å². The quantitative estimate of drug-likeness (QED) is 0.253. The summed E-state index contributed by atoms with van der Waals surface area (Å²) in [5.41, 5.74) is 9.67. The maximum Gasteiger partial charge on any atom is 0.169 e. The summed E-state index contributed by atoms with van der Waals surface area (Å²) in [6.07, 6.45) is 3.66. The van der Waals surface area contributed by atoms with Crippen molar-refractivity contribution in [3.63, 3.8) is 0 Å². The smallest absolute Gasteiger partial charge is 0.169 e. The molecule has 5 aromatic heterocycles. The van der Waals surface area contributed by atoms with E-state index in [9.17, 15) is 4.79 Å². The second kappa shape index (κ2) is 9.06. The fraction of sp³-hybridized carbons (Fsp3) is 0.172. The molecule has 0 aliphatic carbocycles. The molecule has 5 heterocycles. The average molecular weight is 507 g/mol. The summed E-state index contributed by atoms with van der Waals surface area (Å²) in [5.74, 6) is 0.0680. The molecule has 1 aromatic carbocycles. The van der Waals surface area contributed by atoms with Crippen LogP contribution in [0.1, 0.15) is 27.7 Å². The lowest BCUT2D eigenvalue weighted by Gasteiger charge is -2.12. The lowest BCUT2D eigenvalue weighted by Crippen LogP contribution is -2.10. The number of hydrogen-bond acceptors (Lipinski definition) is 6. The van der Waals surface area contributed by atoms with Crippen molar-refractivity contribution in [3.05, 3.63) is 76.9 Å². The third-order valence-electron chi connectivity index (χ3n) is 6.36. The minimum absolute atomic E-state index is 0.0680. The number of aryl methyl sites for hydroxylation is 1. The van der Waals surface area contributed by atoms with Gasteiger partial charge in [-0.3, -0.25) is 14.9 Å². The molecule has 0 saturated carbocycles. The number of fused-ring (bicyclic) bond motifs is 2. The number of thiophene rings is 1. The van der Waals surface area contributed by atoms with Crippen molar-refractivity contribution in [1.82, 2.24) is 30.0 Å². The highest BCUT2D eigenvalue weighted by Gasteiger charge is 2.17. The second-order valence-corrected chi connectivity index (χ2v) is 10.7. The fourth-order valence-electron chi connectivity index (χ4n) is 4.76. The van der Waals surface area contributed by atoms with Crippen LogP contribution in [-0.2, 0) is 6.54 Å². The van der Waals surface area contributed by atoms with Crippen molar-refractivity contribution in [2.24, 2.45) is 0 Å². The summed E-state index contributed by atoms with van der Waals surface area (Å²) in [5, 5.41) is 8.77. The van der Waals surface area contributed by atoms with E-state index in [-0.39, 0.29) is 5.78 Å². The Hall–Kier alpha value is -4.14. The molecule has 8 heteroatoms. The van der Waals surface area contributed by atoms with Gasteiger partial charge in [0.05, 0.1) is 33.5 Å². The van der Waals surface area contributed by atoms with Crippen LogP contribution in [0.25, 0.3) is 55.0 Å². The number of Topliss-reactive ketones (excluding diaryl/α,β-unsaturated/α-hetero) is 1. The normalized spacial score (nSPS) is 11.7. The van der Waals surface area contributed by atoms with Gasteiger partial charge in [-0.1, -0.05) is 11.6 Å². The van der Waals surface area contributed by atoms with Crippen molar-refractivity contribution in [3.8, 4) is 33.1 Å². The largest absolute Gasteiger partial charge is 0.352 e. The Balaban J connectivity index is 1.44. The van der Waals surface area contributed by atoms with Crippen molar-refractivity contribution < 1.29 is 4.79 Å². The molecule has 0 unspecified atom stereocenters. The van der Waals surface area contributed by atoms with Gasteiger partial charge in [0, 0.05) is 34.1 Å². The molecule has 6 rings (SSSR count). The lowest BCUT2D eigenvalue weighted by atomic mass is 10.0. The number of nitrogens with one attached hydrogen (secondary N) is 2. The summed E-state index contributed by atoms with van der Waals surface area (Å²) in [6, 6.07) is 16.6. The van der Waals surface area contributed by atoms with Gasteiger partial charge >= 0.3 is 0 Å². The number of rotatable bonds is 6. The minimum Gasteiger partial charge on any atom is -0.352 e. The number of nitrogens with zero attached hydrogens (tertiary/aromatic N) is 4. The molecule has 2 N–H and O–H groups in total. The van der Waals surface area contributed by atoms with E-state index in [1.54, 1.807) is 6.92 Å². The van der Waals surface area contributed by atoms with Crippen LogP contribution in [0, 0.1) is 6.92 Å². The predicted octanol–water partition coefficient (Wildman–Crippen LogP) is 6.47. The molecule has 0 saturated heterocycles. The van der Waals surface area contributed by atoms with Gasteiger partial charge in [-0.05, 0) is 76.0 Å².